The summed E-state index contributed by atoms with van der Waals surface area (Å²) in [7, 11) is 1.72. The molecule has 0 aromatic carbocycles. The number of hydrogen-bond donors (Lipinski definition) is 1. The second kappa shape index (κ2) is 7.10. The number of hydrogen-bond acceptors (Lipinski definition) is 8. The van der Waals surface area contributed by atoms with E-state index in [1.165, 1.54) is 23.3 Å². The number of nitrogens with zero attached hydrogens (tertiary/aromatic N) is 6. The number of anilines is 3. The van der Waals surface area contributed by atoms with Crippen LogP contribution in [0.2, 0.25) is 0 Å². The smallest absolute Gasteiger partial charge is 0.233 e. The Morgan fingerprint density at radius 3 is 2.70 bits per heavy atom. The standard InChI is InChI=1S/C19H20FN7O2S/c1-26-15-9-12-10-22-18(23-14-6-5-13(11-21-14)30(28)29)24-16(12)27(15)19(17(20)25-26)7-3-2-4-8-19/h5-6,9-11H,2-4,7-8H2,1H3,(H,28,29)(H,21,22,23,24)/p-1. The van der Waals surface area contributed by atoms with Gasteiger partial charge in [0.15, 0.2) is 0 Å². The molecular weight excluding hydrogens is 409 g/mol. The van der Waals surface area contributed by atoms with Crippen molar-refractivity contribution in [2.45, 2.75) is 42.5 Å². The number of fused-ring (bicyclic) bond motifs is 4. The first-order valence-corrected chi connectivity index (χ1v) is 10.7. The van der Waals surface area contributed by atoms with Crippen molar-refractivity contribution in [3.63, 3.8) is 0 Å². The third-order valence-electron chi connectivity index (χ3n) is 5.75. The van der Waals surface area contributed by atoms with Crippen LogP contribution >= 0.6 is 0 Å². The molecule has 2 aliphatic rings. The summed E-state index contributed by atoms with van der Waals surface area (Å²) in [6.07, 6.45) is 7.22. The molecule has 0 saturated heterocycles. The lowest BCUT2D eigenvalue weighted by molar-refractivity contribution is 0.263. The molecule has 1 atom stereocenters. The van der Waals surface area contributed by atoms with Crippen LogP contribution in [0.25, 0.3) is 11.0 Å². The molecule has 9 nitrogen and oxygen atoms in total. The molecule has 1 spiro atoms. The number of nitrogens with one attached hydrogen (secondary N) is 1. The normalized spacial score (nSPS) is 18.9. The fourth-order valence-electron chi connectivity index (χ4n) is 4.30. The molecule has 1 aliphatic carbocycles. The third kappa shape index (κ3) is 2.96. The van der Waals surface area contributed by atoms with Gasteiger partial charge in [0.05, 0.1) is 0 Å². The average Bonchev–Trinajstić information content (AvgIpc) is 3.14. The van der Waals surface area contributed by atoms with Crippen LogP contribution in [0, 0.1) is 0 Å². The van der Waals surface area contributed by atoms with E-state index in [2.05, 4.69) is 25.4 Å². The first-order valence-electron chi connectivity index (χ1n) is 9.68. The van der Waals surface area contributed by atoms with E-state index in [1.807, 2.05) is 10.6 Å². The quantitative estimate of drug-likeness (QED) is 0.638. The van der Waals surface area contributed by atoms with Gasteiger partial charge in [0, 0.05) is 29.7 Å². The van der Waals surface area contributed by atoms with Crippen LogP contribution in [0.3, 0.4) is 0 Å². The predicted molar refractivity (Wildman–Crippen MR) is 110 cm³/mol. The number of pyridine rings is 1. The van der Waals surface area contributed by atoms with Crippen LogP contribution < -0.4 is 10.3 Å². The maximum absolute atomic E-state index is 15.2. The van der Waals surface area contributed by atoms with Crippen LogP contribution in [-0.2, 0) is 16.6 Å². The van der Waals surface area contributed by atoms with E-state index in [4.69, 9.17) is 0 Å². The number of aromatic nitrogens is 4. The monoisotopic (exact) mass is 428 g/mol. The lowest BCUT2D eigenvalue weighted by atomic mass is 9.81. The Labute approximate surface area is 174 Å². The van der Waals surface area contributed by atoms with Crippen LogP contribution in [0.5, 0.6) is 0 Å². The molecule has 1 aliphatic heterocycles. The summed E-state index contributed by atoms with van der Waals surface area (Å²) < 4.78 is 39.1. The zero-order chi connectivity index (χ0) is 20.9. The molecule has 3 aromatic heterocycles. The maximum Gasteiger partial charge on any atom is 0.233 e. The van der Waals surface area contributed by atoms with Gasteiger partial charge in [-0.2, -0.15) is 9.37 Å². The SMILES string of the molecule is CN1N=C(F)C2(CCCCC2)n2c1cc1cnc(Nc3ccc(S(=O)[O-])cn3)nc12. The van der Waals surface area contributed by atoms with E-state index < -0.39 is 16.6 Å². The summed E-state index contributed by atoms with van der Waals surface area (Å²) in [5.74, 6) is 1.10. The van der Waals surface area contributed by atoms with Gasteiger partial charge in [-0.25, -0.2) is 15.0 Å². The van der Waals surface area contributed by atoms with Crippen LogP contribution in [-0.4, -0.2) is 41.3 Å². The zero-order valence-corrected chi connectivity index (χ0v) is 17.0. The Morgan fingerprint density at radius 2 is 2.00 bits per heavy atom. The van der Waals surface area contributed by atoms with Crippen LogP contribution in [0.4, 0.5) is 22.0 Å². The molecular formula is C19H19FN7O2S-. The van der Waals surface area contributed by atoms with E-state index in [0.717, 1.165) is 30.5 Å². The highest BCUT2D eigenvalue weighted by Crippen LogP contribution is 2.45. The number of halogens is 1. The van der Waals surface area contributed by atoms with E-state index in [0.29, 0.717) is 30.3 Å². The van der Waals surface area contributed by atoms with Gasteiger partial charge < -0.3 is 9.87 Å². The first-order chi connectivity index (χ1) is 14.5. The zero-order valence-electron chi connectivity index (χ0n) is 16.2. The molecule has 0 radical (unpaired) electrons. The van der Waals surface area contributed by atoms with Crippen molar-refractivity contribution in [1.82, 2.24) is 19.5 Å². The van der Waals surface area contributed by atoms with Crippen molar-refractivity contribution in [3.05, 3.63) is 30.6 Å². The molecule has 1 unspecified atom stereocenters. The van der Waals surface area contributed by atoms with Gasteiger partial charge in [-0.15, -0.1) is 5.10 Å². The van der Waals surface area contributed by atoms with Gasteiger partial charge in [-0.1, -0.05) is 19.3 Å². The summed E-state index contributed by atoms with van der Waals surface area (Å²) in [4.78, 5) is 13.2. The Kier molecular flexibility index (Phi) is 4.51. The molecule has 0 bridgehead atoms. The third-order valence-corrected chi connectivity index (χ3v) is 6.38. The van der Waals surface area contributed by atoms with Gasteiger partial charge >= 0.3 is 0 Å². The summed E-state index contributed by atoms with van der Waals surface area (Å²) in [5, 5.41) is 9.46. The topological polar surface area (TPSA) is 111 Å². The second-order valence-electron chi connectivity index (χ2n) is 7.56. The van der Waals surface area contributed by atoms with Crippen molar-refractivity contribution < 1.29 is 13.2 Å². The average molecular weight is 428 g/mol. The molecule has 1 saturated carbocycles. The Balaban J connectivity index is 1.58. The summed E-state index contributed by atoms with van der Waals surface area (Å²) in [6, 6.07) is 4.89. The molecule has 0 amide bonds. The first kappa shape index (κ1) is 19.1. The summed E-state index contributed by atoms with van der Waals surface area (Å²) in [6.45, 7) is 0. The molecule has 30 heavy (non-hydrogen) atoms. The predicted octanol–water partition coefficient (Wildman–Crippen LogP) is 3.20. The van der Waals surface area contributed by atoms with Crippen molar-refractivity contribution in [1.29, 1.82) is 0 Å². The Bertz CT molecular complexity index is 1170. The fraction of sp³-hybridized carbons (Fsp3) is 0.368. The Morgan fingerprint density at radius 1 is 1.20 bits per heavy atom. The van der Waals surface area contributed by atoms with E-state index in [-0.39, 0.29) is 10.9 Å². The molecule has 3 aromatic rings. The van der Waals surface area contributed by atoms with Crippen molar-refractivity contribution in [2.24, 2.45) is 5.10 Å². The Hall–Kier alpha value is -2.92. The molecule has 1 N–H and O–H groups in total. The molecule has 4 heterocycles. The van der Waals surface area contributed by atoms with Gasteiger partial charge in [-0.3, -0.25) is 8.78 Å². The summed E-state index contributed by atoms with van der Waals surface area (Å²) >= 11 is -2.34. The summed E-state index contributed by atoms with van der Waals surface area (Å²) in [5.41, 5.74) is -0.190. The van der Waals surface area contributed by atoms with E-state index in [1.54, 1.807) is 13.2 Å². The lowest BCUT2D eigenvalue weighted by Crippen LogP contribution is -2.46. The van der Waals surface area contributed by atoms with Gasteiger partial charge in [0.2, 0.25) is 11.9 Å². The van der Waals surface area contributed by atoms with Crippen molar-refractivity contribution >= 4 is 45.7 Å². The highest BCUT2D eigenvalue weighted by Gasteiger charge is 2.45. The van der Waals surface area contributed by atoms with Crippen LogP contribution in [0.15, 0.2) is 40.6 Å². The minimum atomic E-state index is -2.34. The van der Waals surface area contributed by atoms with Crippen molar-refractivity contribution in [3.8, 4) is 0 Å². The number of rotatable bonds is 3. The van der Waals surface area contributed by atoms with E-state index >= 15 is 4.39 Å². The van der Waals surface area contributed by atoms with E-state index in [9.17, 15) is 8.76 Å². The van der Waals surface area contributed by atoms with Gasteiger partial charge in [0.25, 0.3) is 0 Å². The van der Waals surface area contributed by atoms with Gasteiger partial charge in [-0.05, 0) is 42.1 Å². The largest absolute Gasteiger partial charge is 0.768 e. The lowest BCUT2D eigenvalue weighted by Gasteiger charge is -2.41. The minimum absolute atomic E-state index is 0.0922. The highest BCUT2D eigenvalue weighted by atomic mass is 32.2. The number of hydrazone groups is 1. The van der Waals surface area contributed by atoms with Crippen molar-refractivity contribution in [2.75, 3.05) is 17.4 Å². The molecule has 1 fully saturated rings. The molecule has 156 valence electrons. The van der Waals surface area contributed by atoms with Crippen LogP contribution in [0.1, 0.15) is 32.1 Å². The highest BCUT2D eigenvalue weighted by molar-refractivity contribution is 7.79. The maximum atomic E-state index is 15.2. The van der Waals surface area contributed by atoms with Gasteiger partial charge in [0.1, 0.15) is 22.8 Å². The second-order valence-corrected chi connectivity index (χ2v) is 8.50. The minimum Gasteiger partial charge on any atom is -0.768 e. The molecule has 5 rings (SSSR count). The molecule has 11 heteroatoms. The fourth-order valence-corrected chi connectivity index (χ4v) is 4.62.